The fraction of sp³-hybridized carbons (Fsp3) is 0.105. The normalized spacial score (nSPS) is 10.5. The average Bonchev–Trinajstić information content (AvgIpc) is 2.65. The van der Waals surface area contributed by atoms with Crippen LogP contribution in [0.25, 0.3) is 11.3 Å². The zero-order valence-corrected chi connectivity index (χ0v) is 16.0. The van der Waals surface area contributed by atoms with Gasteiger partial charge in [0.25, 0.3) is 0 Å². The lowest BCUT2D eigenvalue weighted by molar-refractivity contribution is -0.115. The zero-order chi connectivity index (χ0) is 18.4. The maximum atomic E-state index is 12.1. The molecule has 2 aromatic carbocycles. The predicted octanol–water partition coefficient (Wildman–Crippen LogP) is 5.57. The van der Waals surface area contributed by atoms with Crippen LogP contribution in [0.5, 0.6) is 0 Å². The third kappa shape index (κ3) is 5.21. The van der Waals surface area contributed by atoms with E-state index in [1.807, 2.05) is 36.4 Å². The van der Waals surface area contributed by atoms with Crippen LogP contribution < -0.4 is 5.32 Å². The van der Waals surface area contributed by atoms with Gasteiger partial charge in [0, 0.05) is 22.8 Å². The number of amides is 1. The van der Waals surface area contributed by atoms with Crippen LogP contribution in [0.3, 0.4) is 0 Å². The number of hydrogen-bond donors (Lipinski definition) is 1. The lowest BCUT2D eigenvalue weighted by Gasteiger charge is -2.07. The second-order valence-corrected chi connectivity index (χ2v) is 7.34. The summed E-state index contributed by atoms with van der Waals surface area (Å²) >= 11 is 13.4. The maximum Gasteiger partial charge on any atom is 0.225 e. The van der Waals surface area contributed by atoms with E-state index < -0.39 is 0 Å². The number of carbonyl (C=O) groups is 1. The van der Waals surface area contributed by atoms with E-state index in [0.717, 1.165) is 16.3 Å². The third-order valence-electron chi connectivity index (χ3n) is 3.50. The number of nitrogens with zero attached hydrogens (tertiary/aromatic N) is 2. The number of nitrogens with one attached hydrogen (secondary N) is 1. The van der Waals surface area contributed by atoms with Gasteiger partial charge in [0.05, 0.1) is 21.4 Å². The van der Waals surface area contributed by atoms with Crippen LogP contribution in [0.2, 0.25) is 10.0 Å². The Morgan fingerprint density at radius 1 is 1.04 bits per heavy atom. The fourth-order valence-electron chi connectivity index (χ4n) is 2.24. The van der Waals surface area contributed by atoms with Crippen molar-refractivity contribution in [3.05, 3.63) is 71.0 Å². The van der Waals surface area contributed by atoms with Gasteiger partial charge in [-0.1, -0.05) is 53.5 Å². The van der Waals surface area contributed by atoms with Crippen LogP contribution >= 0.6 is 35.0 Å². The molecule has 132 valence electrons. The molecule has 3 aromatic rings. The Hall–Kier alpha value is -2.08. The van der Waals surface area contributed by atoms with Crippen molar-refractivity contribution >= 4 is 46.6 Å². The number of anilines is 1. The number of benzene rings is 2. The summed E-state index contributed by atoms with van der Waals surface area (Å²) in [5.74, 6) is 0.488. The van der Waals surface area contributed by atoms with Crippen LogP contribution in [0.1, 0.15) is 6.42 Å². The summed E-state index contributed by atoms with van der Waals surface area (Å²) in [5.41, 5.74) is 2.45. The van der Waals surface area contributed by atoms with E-state index in [2.05, 4.69) is 15.3 Å². The van der Waals surface area contributed by atoms with Gasteiger partial charge in [-0.3, -0.25) is 4.79 Å². The number of thioether (sulfide) groups is 1. The van der Waals surface area contributed by atoms with Crippen LogP contribution in [-0.4, -0.2) is 21.6 Å². The molecule has 0 aliphatic carbocycles. The van der Waals surface area contributed by atoms with Crippen LogP contribution in [0, 0.1) is 0 Å². The molecule has 7 heteroatoms. The molecule has 4 nitrogen and oxygen atoms in total. The van der Waals surface area contributed by atoms with Crippen molar-refractivity contribution < 1.29 is 4.79 Å². The van der Waals surface area contributed by atoms with Gasteiger partial charge in [-0.25, -0.2) is 9.97 Å². The summed E-state index contributed by atoms with van der Waals surface area (Å²) in [6, 6.07) is 16.8. The Morgan fingerprint density at radius 3 is 2.62 bits per heavy atom. The Morgan fingerprint density at radius 2 is 1.85 bits per heavy atom. The summed E-state index contributed by atoms with van der Waals surface area (Å²) in [6.45, 7) is 0. The van der Waals surface area contributed by atoms with Crippen molar-refractivity contribution in [1.29, 1.82) is 0 Å². The molecule has 26 heavy (non-hydrogen) atoms. The fourth-order valence-corrected chi connectivity index (χ4v) is 3.51. The summed E-state index contributed by atoms with van der Waals surface area (Å²) in [5, 5.41) is 4.56. The second kappa shape index (κ2) is 9.03. The molecule has 0 fully saturated rings. The van der Waals surface area contributed by atoms with Gasteiger partial charge in [0.1, 0.15) is 6.33 Å². The molecule has 0 unspecified atom stereocenters. The van der Waals surface area contributed by atoms with Gasteiger partial charge < -0.3 is 5.32 Å². The van der Waals surface area contributed by atoms with Crippen molar-refractivity contribution in [2.75, 3.05) is 11.1 Å². The minimum atomic E-state index is -0.112. The molecule has 0 bridgehead atoms. The molecule has 0 aliphatic rings. The number of rotatable bonds is 6. The highest BCUT2D eigenvalue weighted by atomic mass is 35.5. The molecule has 1 amide bonds. The molecule has 0 radical (unpaired) electrons. The van der Waals surface area contributed by atoms with Crippen LogP contribution in [0.15, 0.2) is 66.0 Å². The van der Waals surface area contributed by atoms with Gasteiger partial charge in [-0.2, -0.15) is 0 Å². The highest BCUT2D eigenvalue weighted by Gasteiger charge is 2.08. The van der Waals surface area contributed by atoms with Crippen LogP contribution in [0.4, 0.5) is 5.69 Å². The summed E-state index contributed by atoms with van der Waals surface area (Å²) in [4.78, 5) is 20.6. The number of aromatic nitrogens is 2. The minimum absolute atomic E-state index is 0.112. The van der Waals surface area contributed by atoms with E-state index in [-0.39, 0.29) is 5.91 Å². The van der Waals surface area contributed by atoms with Gasteiger partial charge in [0.2, 0.25) is 5.91 Å². The van der Waals surface area contributed by atoms with Gasteiger partial charge in [-0.15, -0.1) is 11.8 Å². The van der Waals surface area contributed by atoms with Crippen molar-refractivity contribution in [1.82, 2.24) is 9.97 Å². The van der Waals surface area contributed by atoms with E-state index in [0.29, 0.717) is 27.9 Å². The zero-order valence-electron chi connectivity index (χ0n) is 13.7. The summed E-state index contributed by atoms with van der Waals surface area (Å²) in [6.07, 6.45) is 1.88. The first-order valence-corrected chi connectivity index (χ1v) is 9.61. The molecule has 1 N–H and O–H groups in total. The van der Waals surface area contributed by atoms with Crippen molar-refractivity contribution in [3.63, 3.8) is 0 Å². The quantitative estimate of drug-likeness (QED) is 0.431. The van der Waals surface area contributed by atoms with E-state index in [4.69, 9.17) is 23.2 Å². The molecule has 1 aromatic heterocycles. The molecular weight excluding hydrogens is 389 g/mol. The molecule has 1 heterocycles. The highest BCUT2D eigenvalue weighted by molar-refractivity contribution is 7.99. The van der Waals surface area contributed by atoms with Crippen molar-refractivity contribution in [2.24, 2.45) is 0 Å². The average molecular weight is 404 g/mol. The SMILES string of the molecule is O=C(CCSc1cc(-c2ccccc2)ncn1)Nc1ccc(Cl)cc1Cl. The first kappa shape index (κ1) is 18.7. The molecule has 0 saturated carbocycles. The van der Waals surface area contributed by atoms with Gasteiger partial charge >= 0.3 is 0 Å². The number of halogens is 2. The molecule has 0 aliphatic heterocycles. The molecule has 3 rings (SSSR count). The van der Waals surface area contributed by atoms with Crippen molar-refractivity contribution in [3.8, 4) is 11.3 Å². The Labute approximate surface area is 166 Å². The Kier molecular flexibility index (Phi) is 6.50. The van der Waals surface area contributed by atoms with Gasteiger partial charge in [-0.05, 0) is 24.3 Å². The van der Waals surface area contributed by atoms with E-state index in [1.165, 1.54) is 18.1 Å². The van der Waals surface area contributed by atoms with E-state index in [1.54, 1.807) is 18.2 Å². The Bertz CT molecular complexity index is 906. The Balaban J connectivity index is 1.54. The topological polar surface area (TPSA) is 54.9 Å². The lowest BCUT2D eigenvalue weighted by atomic mass is 10.1. The van der Waals surface area contributed by atoms with Crippen LogP contribution in [-0.2, 0) is 4.79 Å². The van der Waals surface area contributed by atoms with E-state index >= 15 is 0 Å². The third-order valence-corrected chi connectivity index (χ3v) is 4.97. The predicted molar refractivity (Wildman–Crippen MR) is 108 cm³/mol. The highest BCUT2D eigenvalue weighted by Crippen LogP contribution is 2.26. The summed E-state index contributed by atoms with van der Waals surface area (Å²) < 4.78 is 0. The lowest BCUT2D eigenvalue weighted by Crippen LogP contribution is -2.12. The standard InChI is InChI=1S/C19H15Cl2N3OS/c20-14-6-7-16(15(21)10-14)24-18(25)8-9-26-19-11-17(22-12-23-19)13-4-2-1-3-5-13/h1-7,10-12H,8-9H2,(H,24,25). The van der Waals surface area contributed by atoms with Gasteiger partial charge in [0.15, 0.2) is 0 Å². The molecule has 0 spiro atoms. The molecular formula is C19H15Cl2N3OS. The second-order valence-electron chi connectivity index (χ2n) is 5.38. The number of hydrogen-bond acceptors (Lipinski definition) is 4. The largest absolute Gasteiger partial charge is 0.325 e. The molecule has 0 atom stereocenters. The van der Waals surface area contributed by atoms with Crippen molar-refractivity contribution in [2.45, 2.75) is 11.4 Å². The van der Waals surface area contributed by atoms with E-state index in [9.17, 15) is 4.79 Å². The monoisotopic (exact) mass is 403 g/mol. The maximum absolute atomic E-state index is 12.1. The summed E-state index contributed by atoms with van der Waals surface area (Å²) in [7, 11) is 0. The minimum Gasteiger partial charge on any atom is -0.325 e. The smallest absolute Gasteiger partial charge is 0.225 e. The first-order valence-electron chi connectivity index (χ1n) is 7.87. The first-order chi connectivity index (χ1) is 12.6. The molecule has 0 saturated heterocycles. The number of carbonyl (C=O) groups excluding carboxylic acids is 1.